The maximum Gasteiger partial charge on any atom is 0.262 e. The summed E-state index contributed by atoms with van der Waals surface area (Å²) in [6.45, 7) is 0.559. The van der Waals surface area contributed by atoms with Gasteiger partial charge in [0.25, 0.3) is 5.91 Å². The van der Waals surface area contributed by atoms with Crippen molar-refractivity contribution in [1.82, 2.24) is 5.32 Å². The Morgan fingerprint density at radius 2 is 2.15 bits per heavy atom. The number of benzene rings is 2. The number of aliphatic hydroxyl groups is 1. The van der Waals surface area contributed by atoms with Crippen LogP contribution in [0, 0.1) is 0 Å². The number of aliphatic hydroxyl groups excluding tert-OH is 1. The molecule has 1 unspecified atom stereocenters. The number of phenolic OH excluding ortho intramolecular Hbond substituents is 1. The van der Waals surface area contributed by atoms with Crippen molar-refractivity contribution < 1.29 is 24.5 Å². The van der Waals surface area contributed by atoms with Crippen LogP contribution in [0.3, 0.4) is 0 Å². The molecular formula is C18H19N3O5. The summed E-state index contributed by atoms with van der Waals surface area (Å²) in [5, 5.41) is 28.6. The summed E-state index contributed by atoms with van der Waals surface area (Å²) in [5.41, 5.74) is 2.28. The second kappa shape index (κ2) is 7.85. The number of aromatic hydroxyl groups is 1. The Balaban J connectivity index is 1.65. The number of amides is 2. The number of nitrogens with one attached hydrogen (secondary N) is 3. The highest BCUT2D eigenvalue weighted by molar-refractivity contribution is 5.97. The Morgan fingerprint density at radius 1 is 1.31 bits per heavy atom. The number of phenols is 1. The quantitative estimate of drug-likeness (QED) is 0.374. The molecule has 0 aromatic heterocycles. The molecule has 26 heavy (non-hydrogen) atoms. The van der Waals surface area contributed by atoms with Gasteiger partial charge in [0.05, 0.1) is 6.10 Å². The molecule has 2 aromatic rings. The van der Waals surface area contributed by atoms with E-state index in [0.29, 0.717) is 24.2 Å². The third-order valence-corrected chi connectivity index (χ3v) is 3.96. The summed E-state index contributed by atoms with van der Waals surface area (Å²) in [7, 11) is 0. The lowest BCUT2D eigenvalue weighted by molar-refractivity contribution is -0.118. The van der Waals surface area contributed by atoms with Crippen LogP contribution in [-0.4, -0.2) is 35.7 Å². The molecule has 1 heterocycles. The van der Waals surface area contributed by atoms with Crippen molar-refractivity contribution in [3.63, 3.8) is 0 Å². The summed E-state index contributed by atoms with van der Waals surface area (Å²) < 4.78 is 5.37. The third kappa shape index (κ3) is 3.93. The second-order valence-corrected chi connectivity index (χ2v) is 5.82. The fourth-order valence-electron chi connectivity index (χ4n) is 2.74. The molecule has 1 atom stereocenters. The van der Waals surface area contributed by atoms with Gasteiger partial charge in [-0.15, -0.1) is 0 Å². The van der Waals surface area contributed by atoms with Crippen LogP contribution in [0.1, 0.15) is 17.2 Å². The first-order valence-corrected chi connectivity index (χ1v) is 8.05. The van der Waals surface area contributed by atoms with Gasteiger partial charge >= 0.3 is 0 Å². The van der Waals surface area contributed by atoms with E-state index in [1.807, 2.05) is 18.2 Å². The van der Waals surface area contributed by atoms with E-state index in [-0.39, 0.29) is 36.2 Å². The van der Waals surface area contributed by atoms with Crippen LogP contribution in [0.25, 0.3) is 0 Å². The molecule has 0 radical (unpaired) electrons. The smallest absolute Gasteiger partial charge is 0.262 e. The third-order valence-electron chi connectivity index (χ3n) is 3.96. The van der Waals surface area contributed by atoms with E-state index in [1.165, 1.54) is 6.07 Å². The topological polar surface area (TPSA) is 120 Å². The highest BCUT2D eigenvalue weighted by Crippen LogP contribution is 2.41. The zero-order valence-electron chi connectivity index (χ0n) is 13.9. The number of hydrogen-bond donors (Lipinski definition) is 5. The van der Waals surface area contributed by atoms with Gasteiger partial charge in [-0.05, 0) is 29.8 Å². The largest absolute Gasteiger partial charge is 0.506 e. The van der Waals surface area contributed by atoms with Gasteiger partial charge in [-0.25, -0.2) is 0 Å². The molecule has 5 N–H and O–H groups in total. The van der Waals surface area contributed by atoms with Crippen molar-refractivity contribution in [3.05, 3.63) is 47.5 Å². The molecule has 136 valence electrons. The first-order valence-electron chi connectivity index (χ1n) is 8.05. The zero-order chi connectivity index (χ0) is 18.5. The number of rotatable bonds is 7. The van der Waals surface area contributed by atoms with Crippen molar-refractivity contribution in [2.24, 2.45) is 0 Å². The van der Waals surface area contributed by atoms with Crippen molar-refractivity contribution in [3.8, 4) is 11.5 Å². The summed E-state index contributed by atoms with van der Waals surface area (Å²) in [6.07, 6.45) is -0.279. The van der Waals surface area contributed by atoms with Crippen molar-refractivity contribution in [1.29, 1.82) is 0 Å². The van der Waals surface area contributed by atoms with Gasteiger partial charge in [0.1, 0.15) is 11.4 Å². The van der Waals surface area contributed by atoms with Gasteiger partial charge in [-0.1, -0.05) is 12.1 Å². The number of ether oxygens (including phenoxy) is 1. The van der Waals surface area contributed by atoms with Crippen molar-refractivity contribution >= 4 is 23.7 Å². The van der Waals surface area contributed by atoms with Gasteiger partial charge in [0, 0.05) is 24.3 Å². The minimum atomic E-state index is -0.893. The van der Waals surface area contributed by atoms with Crippen LogP contribution >= 0.6 is 0 Å². The minimum Gasteiger partial charge on any atom is -0.506 e. The van der Waals surface area contributed by atoms with Gasteiger partial charge < -0.3 is 30.9 Å². The van der Waals surface area contributed by atoms with E-state index >= 15 is 0 Å². The highest BCUT2D eigenvalue weighted by Gasteiger charge is 2.25. The Bertz CT molecular complexity index is 824. The standard InChI is InChI=1S/C18H19N3O5/c22-10-20-12-3-1-2-11(6-12)7-19-8-15(24)13-4-5-14(23)17-18(13)26-9-16(25)21-17/h1-6,10,15,19,23-24H,7-9H2,(H,20,22)(H,21,25). The molecule has 2 amide bonds. The van der Waals surface area contributed by atoms with Gasteiger partial charge in [-0.2, -0.15) is 0 Å². The van der Waals surface area contributed by atoms with Gasteiger partial charge in [-0.3, -0.25) is 9.59 Å². The van der Waals surface area contributed by atoms with Crippen LogP contribution in [0.15, 0.2) is 36.4 Å². The van der Waals surface area contributed by atoms with Crippen LogP contribution in [0.5, 0.6) is 11.5 Å². The van der Waals surface area contributed by atoms with Gasteiger partial charge in [0.2, 0.25) is 6.41 Å². The highest BCUT2D eigenvalue weighted by atomic mass is 16.5. The zero-order valence-corrected chi connectivity index (χ0v) is 13.9. The maximum atomic E-state index is 11.4. The SMILES string of the molecule is O=CNc1cccc(CNCC(O)c2ccc(O)c3c2OCC(=O)N3)c1. The minimum absolute atomic E-state index is 0.114. The predicted molar refractivity (Wildman–Crippen MR) is 95.0 cm³/mol. The fraction of sp³-hybridized carbons (Fsp3) is 0.222. The number of anilines is 2. The van der Waals surface area contributed by atoms with Crippen molar-refractivity contribution in [2.75, 3.05) is 23.8 Å². The summed E-state index contributed by atoms with van der Waals surface area (Å²) in [5.74, 6) is -0.200. The van der Waals surface area contributed by atoms with Crippen LogP contribution in [0.4, 0.5) is 11.4 Å². The Morgan fingerprint density at radius 3 is 2.96 bits per heavy atom. The van der Waals surface area contributed by atoms with Crippen LogP contribution in [-0.2, 0) is 16.1 Å². The predicted octanol–water partition coefficient (Wildman–Crippen LogP) is 1.11. The molecule has 8 heteroatoms. The lowest BCUT2D eigenvalue weighted by atomic mass is 10.0. The van der Waals surface area contributed by atoms with E-state index in [2.05, 4.69) is 16.0 Å². The Hall–Kier alpha value is -3.10. The molecule has 2 aromatic carbocycles. The molecule has 1 aliphatic rings. The Kier molecular flexibility index (Phi) is 5.35. The molecule has 1 aliphatic heterocycles. The summed E-state index contributed by atoms with van der Waals surface area (Å²) in [4.78, 5) is 21.9. The number of carbonyl (C=O) groups is 2. The fourth-order valence-corrected chi connectivity index (χ4v) is 2.74. The van der Waals surface area contributed by atoms with Crippen LogP contribution < -0.4 is 20.7 Å². The monoisotopic (exact) mass is 357 g/mol. The van der Waals surface area contributed by atoms with E-state index in [0.717, 1.165) is 5.56 Å². The molecule has 0 bridgehead atoms. The van der Waals surface area contributed by atoms with E-state index in [9.17, 15) is 19.8 Å². The number of fused-ring (bicyclic) bond motifs is 1. The molecule has 0 aliphatic carbocycles. The lowest BCUT2D eigenvalue weighted by Gasteiger charge is -2.24. The second-order valence-electron chi connectivity index (χ2n) is 5.82. The molecule has 0 fully saturated rings. The normalized spacial score (nSPS) is 14.0. The molecule has 0 saturated heterocycles. The molecule has 0 saturated carbocycles. The average Bonchev–Trinajstić information content (AvgIpc) is 2.63. The first kappa shape index (κ1) is 17.7. The first-order chi connectivity index (χ1) is 12.6. The van der Waals surface area contributed by atoms with Crippen molar-refractivity contribution in [2.45, 2.75) is 12.6 Å². The molecule has 0 spiro atoms. The van der Waals surface area contributed by atoms with E-state index in [1.54, 1.807) is 12.1 Å². The molecule has 3 rings (SSSR count). The summed E-state index contributed by atoms with van der Waals surface area (Å²) in [6, 6.07) is 10.3. The summed E-state index contributed by atoms with van der Waals surface area (Å²) >= 11 is 0. The molecule has 8 nitrogen and oxygen atoms in total. The Labute approximate surface area is 149 Å². The maximum absolute atomic E-state index is 11.4. The number of carbonyl (C=O) groups excluding carboxylic acids is 2. The van der Waals surface area contributed by atoms with Crippen LogP contribution in [0.2, 0.25) is 0 Å². The number of hydrogen-bond acceptors (Lipinski definition) is 6. The average molecular weight is 357 g/mol. The lowest BCUT2D eigenvalue weighted by Crippen LogP contribution is -2.27. The molecular weight excluding hydrogens is 338 g/mol. The van der Waals surface area contributed by atoms with Gasteiger partial charge in [0.15, 0.2) is 12.4 Å². The van der Waals surface area contributed by atoms with E-state index < -0.39 is 6.10 Å². The van der Waals surface area contributed by atoms with E-state index in [4.69, 9.17) is 4.74 Å².